The van der Waals surface area contributed by atoms with Crippen molar-refractivity contribution in [2.45, 2.75) is 23.6 Å². The average molecular weight is 396 g/mol. The molecule has 0 aliphatic carbocycles. The van der Waals surface area contributed by atoms with Crippen LogP contribution in [0.15, 0.2) is 70.8 Å². The summed E-state index contributed by atoms with van der Waals surface area (Å²) >= 11 is 1.41. The number of para-hydroxylation sites is 1. The maximum Gasteiger partial charge on any atom is 0.407 e. The van der Waals surface area contributed by atoms with Crippen LogP contribution < -0.4 is 10.6 Å². The number of aryl methyl sites for hydroxylation is 1. The van der Waals surface area contributed by atoms with Crippen LogP contribution in [-0.2, 0) is 16.1 Å². The van der Waals surface area contributed by atoms with Gasteiger partial charge in [-0.3, -0.25) is 4.79 Å². The summed E-state index contributed by atoms with van der Waals surface area (Å²) in [6.45, 7) is 1.89. The Morgan fingerprint density at radius 3 is 2.61 bits per heavy atom. The van der Waals surface area contributed by atoms with Gasteiger partial charge in [-0.2, -0.15) is 0 Å². The number of nitrogens with one attached hydrogen (secondary N) is 3. The summed E-state index contributed by atoms with van der Waals surface area (Å²) < 4.78 is 5.09. The maximum absolute atomic E-state index is 12.2. The number of amides is 2. The average Bonchev–Trinajstić information content (AvgIpc) is 3.12. The van der Waals surface area contributed by atoms with Gasteiger partial charge in [0.15, 0.2) is 5.16 Å². The van der Waals surface area contributed by atoms with E-state index in [4.69, 9.17) is 4.74 Å². The zero-order valence-corrected chi connectivity index (χ0v) is 16.1. The van der Waals surface area contributed by atoms with Crippen molar-refractivity contribution in [2.75, 3.05) is 11.9 Å². The number of hydrogen-bond acceptors (Lipinski definition) is 5. The fourth-order valence-electron chi connectivity index (χ4n) is 2.32. The summed E-state index contributed by atoms with van der Waals surface area (Å²) in [5.41, 5.74) is 2.48. The molecule has 3 N–H and O–H groups in total. The van der Waals surface area contributed by atoms with Crippen LogP contribution in [0, 0.1) is 6.92 Å². The first-order valence-corrected chi connectivity index (χ1v) is 9.44. The fourth-order valence-corrected chi connectivity index (χ4v) is 3.23. The van der Waals surface area contributed by atoms with E-state index in [2.05, 4.69) is 20.6 Å². The van der Waals surface area contributed by atoms with Crippen molar-refractivity contribution in [3.05, 3.63) is 72.1 Å². The van der Waals surface area contributed by atoms with E-state index < -0.39 is 6.09 Å². The third-order valence-electron chi connectivity index (χ3n) is 3.65. The molecule has 2 aromatic carbocycles. The normalized spacial score (nSPS) is 10.3. The number of H-pyrrole nitrogens is 1. The number of anilines is 1. The number of aromatic amines is 1. The van der Waals surface area contributed by atoms with Gasteiger partial charge in [0.1, 0.15) is 13.2 Å². The number of carbonyl (C=O) groups is 2. The lowest BCUT2D eigenvalue weighted by Crippen LogP contribution is -2.33. The lowest BCUT2D eigenvalue weighted by molar-refractivity contribution is -0.115. The quantitative estimate of drug-likeness (QED) is 0.565. The highest BCUT2D eigenvalue weighted by Gasteiger charge is 2.11. The molecular formula is C20H20N4O3S. The van der Waals surface area contributed by atoms with Crippen LogP contribution in [-0.4, -0.2) is 28.5 Å². The molecule has 0 atom stereocenters. The lowest BCUT2D eigenvalue weighted by atomic mass is 10.2. The summed E-state index contributed by atoms with van der Waals surface area (Å²) in [6.07, 6.45) is 1.10. The standard InChI is InChI=1S/C20H20N4O3S/c1-14-11-21-19(23-14)28-17-10-6-5-9-16(17)24-18(25)12-22-20(26)27-13-15-7-3-2-4-8-15/h2-11H,12-13H2,1H3,(H,21,23)(H,22,26)(H,24,25). The third-order valence-corrected chi connectivity index (χ3v) is 4.63. The minimum atomic E-state index is -0.646. The Kier molecular flexibility index (Phi) is 6.69. The Morgan fingerprint density at radius 2 is 1.86 bits per heavy atom. The van der Waals surface area contributed by atoms with Crippen molar-refractivity contribution in [3.8, 4) is 0 Å². The van der Waals surface area contributed by atoms with E-state index in [1.807, 2.05) is 55.5 Å². The van der Waals surface area contributed by atoms with Gasteiger partial charge in [0, 0.05) is 16.8 Å². The van der Waals surface area contributed by atoms with E-state index in [1.54, 1.807) is 12.3 Å². The van der Waals surface area contributed by atoms with Crippen LogP contribution in [0.25, 0.3) is 0 Å². The van der Waals surface area contributed by atoms with E-state index in [0.29, 0.717) is 5.69 Å². The number of alkyl carbamates (subject to hydrolysis) is 1. The molecule has 0 saturated carbocycles. The summed E-state index contributed by atoms with van der Waals surface area (Å²) in [5.74, 6) is -0.347. The zero-order chi connectivity index (χ0) is 19.8. The van der Waals surface area contributed by atoms with Gasteiger partial charge in [-0.1, -0.05) is 42.5 Å². The molecular weight excluding hydrogens is 376 g/mol. The van der Waals surface area contributed by atoms with E-state index in [9.17, 15) is 9.59 Å². The van der Waals surface area contributed by atoms with Crippen molar-refractivity contribution in [1.29, 1.82) is 0 Å². The predicted molar refractivity (Wildman–Crippen MR) is 107 cm³/mol. The number of imidazole rings is 1. The molecule has 0 spiro atoms. The topological polar surface area (TPSA) is 96.1 Å². The smallest absolute Gasteiger partial charge is 0.407 e. The number of rotatable bonds is 7. The lowest BCUT2D eigenvalue weighted by Gasteiger charge is -2.11. The molecule has 8 heteroatoms. The van der Waals surface area contributed by atoms with Crippen LogP contribution in [0.1, 0.15) is 11.3 Å². The van der Waals surface area contributed by atoms with Crippen molar-refractivity contribution in [3.63, 3.8) is 0 Å². The molecule has 0 aliphatic heterocycles. The molecule has 144 valence electrons. The molecule has 0 bridgehead atoms. The molecule has 1 aromatic heterocycles. The van der Waals surface area contributed by atoms with Crippen LogP contribution >= 0.6 is 11.8 Å². The second-order valence-corrected chi connectivity index (χ2v) is 6.96. The SMILES string of the molecule is Cc1cnc(Sc2ccccc2NC(=O)CNC(=O)OCc2ccccc2)[nH]1. The van der Waals surface area contributed by atoms with Crippen molar-refractivity contribution >= 4 is 29.4 Å². The van der Waals surface area contributed by atoms with E-state index in [0.717, 1.165) is 21.3 Å². The first kappa shape index (κ1) is 19.5. The Hall–Kier alpha value is -3.26. The summed E-state index contributed by atoms with van der Waals surface area (Å²) in [6, 6.07) is 16.7. The molecule has 0 aliphatic rings. The van der Waals surface area contributed by atoms with E-state index in [1.165, 1.54) is 11.8 Å². The molecule has 0 radical (unpaired) electrons. The number of benzene rings is 2. The molecule has 0 fully saturated rings. The minimum Gasteiger partial charge on any atom is -0.445 e. The van der Waals surface area contributed by atoms with Crippen molar-refractivity contribution < 1.29 is 14.3 Å². The van der Waals surface area contributed by atoms with Gasteiger partial charge >= 0.3 is 6.09 Å². The number of hydrogen-bond donors (Lipinski definition) is 3. The second-order valence-electron chi connectivity index (χ2n) is 5.93. The summed E-state index contributed by atoms with van der Waals surface area (Å²) in [7, 11) is 0. The Labute approximate surface area is 166 Å². The Bertz CT molecular complexity index is 943. The van der Waals surface area contributed by atoms with Crippen LogP contribution in [0.3, 0.4) is 0 Å². The first-order valence-electron chi connectivity index (χ1n) is 8.63. The van der Waals surface area contributed by atoms with Gasteiger partial charge in [0.2, 0.25) is 5.91 Å². The van der Waals surface area contributed by atoms with Gasteiger partial charge in [0.05, 0.1) is 5.69 Å². The van der Waals surface area contributed by atoms with Gasteiger partial charge in [-0.15, -0.1) is 0 Å². The highest BCUT2D eigenvalue weighted by atomic mass is 32.2. The monoisotopic (exact) mass is 396 g/mol. The molecule has 7 nitrogen and oxygen atoms in total. The first-order chi connectivity index (χ1) is 13.6. The molecule has 3 aromatic rings. The molecule has 28 heavy (non-hydrogen) atoms. The third kappa shape index (κ3) is 5.88. The van der Waals surface area contributed by atoms with E-state index in [-0.39, 0.29) is 19.1 Å². The fraction of sp³-hybridized carbons (Fsp3) is 0.150. The Morgan fingerprint density at radius 1 is 1.11 bits per heavy atom. The summed E-state index contributed by atoms with van der Waals surface area (Å²) in [4.78, 5) is 32.2. The number of carbonyl (C=O) groups excluding carboxylic acids is 2. The van der Waals surface area contributed by atoms with Gasteiger partial charge in [-0.05, 0) is 36.4 Å². The second kappa shape index (κ2) is 9.61. The molecule has 3 rings (SSSR count). The van der Waals surface area contributed by atoms with Gasteiger partial charge in [-0.25, -0.2) is 9.78 Å². The highest BCUT2D eigenvalue weighted by molar-refractivity contribution is 7.99. The zero-order valence-electron chi connectivity index (χ0n) is 15.3. The van der Waals surface area contributed by atoms with Crippen LogP contribution in [0.5, 0.6) is 0 Å². The van der Waals surface area contributed by atoms with Crippen molar-refractivity contribution in [2.24, 2.45) is 0 Å². The van der Waals surface area contributed by atoms with Crippen LogP contribution in [0.2, 0.25) is 0 Å². The number of aromatic nitrogens is 2. The number of nitrogens with zero attached hydrogens (tertiary/aromatic N) is 1. The molecule has 0 saturated heterocycles. The molecule has 2 amide bonds. The largest absolute Gasteiger partial charge is 0.445 e. The Balaban J connectivity index is 1.48. The van der Waals surface area contributed by atoms with Crippen LogP contribution in [0.4, 0.5) is 10.5 Å². The predicted octanol–water partition coefficient (Wildman–Crippen LogP) is 3.73. The van der Waals surface area contributed by atoms with Gasteiger partial charge in [0.25, 0.3) is 0 Å². The summed E-state index contributed by atoms with van der Waals surface area (Å²) in [5, 5.41) is 5.98. The van der Waals surface area contributed by atoms with E-state index >= 15 is 0 Å². The molecule has 1 heterocycles. The molecule has 0 unspecified atom stereocenters. The van der Waals surface area contributed by atoms with Gasteiger partial charge < -0.3 is 20.4 Å². The van der Waals surface area contributed by atoms with Crippen molar-refractivity contribution in [1.82, 2.24) is 15.3 Å². The minimum absolute atomic E-state index is 0.149. The highest BCUT2D eigenvalue weighted by Crippen LogP contribution is 2.31. The maximum atomic E-state index is 12.2. The number of ether oxygens (including phenoxy) is 1.